The van der Waals surface area contributed by atoms with Crippen molar-refractivity contribution in [1.82, 2.24) is 5.32 Å². The molecule has 0 radical (unpaired) electrons. The minimum atomic E-state index is -3.43. The molecule has 0 aliphatic carbocycles. The minimum Gasteiger partial charge on any atom is -0.324 e. The number of carbonyl (C=O) groups is 1. The summed E-state index contributed by atoms with van der Waals surface area (Å²) in [7, 11) is -3.43. The molecule has 7 heteroatoms. The number of rotatable bonds is 6. The van der Waals surface area contributed by atoms with Crippen LogP contribution in [0.15, 0.2) is 23.1 Å². The fourth-order valence-electron chi connectivity index (χ4n) is 1.42. The molecular weight excluding hydrogens is 271 g/mol. The van der Waals surface area contributed by atoms with Gasteiger partial charge in [-0.05, 0) is 24.7 Å². The highest BCUT2D eigenvalue weighted by atomic mass is 32.2. The van der Waals surface area contributed by atoms with Crippen LogP contribution in [0.25, 0.3) is 0 Å². The minimum absolute atomic E-state index is 0.0316. The number of hydrogen-bond donors (Lipinski definition) is 2. The number of sulfone groups is 1. The maximum absolute atomic E-state index is 13.5. The van der Waals surface area contributed by atoms with Crippen LogP contribution in [0, 0.1) is 5.82 Å². The second-order valence-electron chi connectivity index (χ2n) is 4.07. The summed E-state index contributed by atoms with van der Waals surface area (Å²) in [5.74, 6) is -1.03. The van der Waals surface area contributed by atoms with E-state index >= 15 is 0 Å². The highest BCUT2D eigenvalue weighted by molar-refractivity contribution is 7.90. The van der Waals surface area contributed by atoms with Crippen molar-refractivity contribution in [1.29, 1.82) is 0 Å². The van der Waals surface area contributed by atoms with E-state index < -0.39 is 15.7 Å². The van der Waals surface area contributed by atoms with Gasteiger partial charge in [-0.15, -0.1) is 0 Å². The molecule has 0 aromatic heterocycles. The van der Waals surface area contributed by atoms with Crippen LogP contribution in [0.2, 0.25) is 0 Å². The molecule has 19 heavy (non-hydrogen) atoms. The number of benzene rings is 1. The Morgan fingerprint density at radius 3 is 2.63 bits per heavy atom. The third-order valence-electron chi connectivity index (χ3n) is 2.42. The predicted octanol–water partition coefficient (Wildman–Crippen LogP) is 1.17. The van der Waals surface area contributed by atoms with E-state index in [1.54, 1.807) is 0 Å². The van der Waals surface area contributed by atoms with Crippen LogP contribution in [-0.4, -0.2) is 33.7 Å². The molecule has 0 atom stereocenters. The van der Waals surface area contributed by atoms with E-state index in [0.29, 0.717) is 6.54 Å². The molecule has 0 saturated carbocycles. The summed E-state index contributed by atoms with van der Waals surface area (Å²) < 4.78 is 36.2. The maximum atomic E-state index is 13.5. The summed E-state index contributed by atoms with van der Waals surface area (Å²) in [4.78, 5) is 11.5. The highest BCUT2D eigenvalue weighted by Crippen LogP contribution is 2.19. The van der Waals surface area contributed by atoms with Gasteiger partial charge < -0.3 is 10.6 Å². The fraction of sp³-hybridized carbons (Fsp3) is 0.417. The SMILES string of the molecule is CCNCCC(=O)Nc1cc(S(C)(=O)=O)ccc1F. The van der Waals surface area contributed by atoms with Gasteiger partial charge >= 0.3 is 0 Å². The first-order chi connectivity index (χ1) is 8.84. The Hall–Kier alpha value is -1.47. The maximum Gasteiger partial charge on any atom is 0.225 e. The lowest BCUT2D eigenvalue weighted by Gasteiger charge is -2.08. The first-order valence-corrected chi connectivity index (χ1v) is 7.74. The van der Waals surface area contributed by atoms with Gasteiger partial charge in [0.2, 0.25) is 5.91 Å². The summed E-state index contributed by atoms with van der Waals surface area (Å²) in [5.41, 5.74) is -0.121. The molecule has 1 rings (SSSR count). The van der Waals surface area contributed by atoms with Crippen LogP contribution in [0.4, 0.5) is 10.1 Å². The second kappa shape index (κ2) is 6.63. The van der Waals surface area contributed by atoms with E-state index in [1.807, 2.05) is 6.92 Å². The second-order valence-corrected chi connectivity index (χ2v) is 6.08. The van der Waals surface area contributed by atoms with Crippen molar-refractivity contribution in [2.24, 2.45) is 0 Å². The van der Waals surface area contributed by atoms with Crippen molar-refractivity contribution in [3.63, 3.8) is 0 Å². The lowest BCUT2D eigenvalue weighted by Crippen LogP contribution is -2.21. The molecule has 0 heterocycles. The van der Waals surface area contributed by atoms with Crippen LogP contribution in [0.1, 0.15) is 13.3 Å². The molecule has 1 aromatic carbocycles. The third kappa shape index (κ3) is 4.96. The van der Waals surface area contributed by atoms with Crippen molar-refractivity contribution in [3.05, 3.63) is 24.0 Å². The summed E-state index contributed by atoms with van der Waals surface area (Å²) in [6.07, 6.45) is 1.22. The summed E-state index contributed by atoms with van der Waals surface area (Å²) >= 11 is 0. The molecule has 0 aliphatic rings. The van der Waals surface area contributed by atoms with Crippen LogP contribution < -0.4 is 10.6 Å². The zero-order valence-electron chi connectivity index (χ0n) is 10.9. The number of hydrogen-bond acceptors (Lipinski definition) is 4. The first-order valence-electron chi connectivity index (χ1n) is 5.84. The van der Waals surface area contributed by atoms with Crippen LogP contribution in [-0.2, 0) is 14.6 Å². The Bertz CT molecular complexity index is 558. The van der Waals surface area contributed by atoms with E-state index in [4.69, 9.17) is 0 Å². The van der Waals surface area contributed by atoms with Crippen LogP contribution >= 0.6 is 0 Å². The van der Waals surface area contributed by atoms with E-state index in [9.17, 15) is 17.6 Å². The van der Waals surface area contributed by atoms with Crippen LogP contribution in [0.3, 0.4) is 0 Å². The van der Waals surface area contributed by atoms with E-state index in [1.165, 1.54) is 6.07 Å². The van der Waals surface area contributed by atoms with Gasteiger partial charge in [0, 0.05) is 19.2 Å². The largest absolute Gasteiger partial charge is 0.324 e. The molecule has 2 N–H and O–H groups in total. The Morgan fingerprint density at radius 1 is 1.37 bits per heavy atom. The third-order valence-corrected chi connectivity index (χ3v) is 3.53. The van der Waals surface area contributed by atoms with Crippen LogP contribution in [0.5, 0.6) is 0 Å². The van der Waals surface area contributed by atoms with Crippen molar-refractivity contribution < 1.29 is 17.6 Å². The smallest absolute Gasteiger partial charge is 0.225 e. The Balaban J connectivity index is 2.80. The summed E-state index contributed by atoms with van der Waals surface area (Å²) in [6.45, 7) is 3.13. The standard InChI is InChI=1S/C12H17FN2O3S/c1-3-14-7-6-12(16)15-11-8-9(19(2,17)18)4-5-10(11)13/h4-5,8,14H,3,6-7H2,1-2H3,(H,15,16). The molecule has 5 nitrogen and oxygen atoms in total. The van der Waals surface area contributed by atoms with Gasteiger partial charge in [-0.25, -0.2) is 12.8 Å². The van der Waals surface area contributed by atoms with Gasteiger partial charge in [0.15, 0.2) is 9.84 Å². The lowest BCUT2D eigenvalue weighted by atomic mass is 10.3. The zero-order chi connectivity index (χ0) is 14.5. The number of halogens is 1. The van der Waals surface area contributed by atoms with Crippen molar-refractivity contribution in [2.45, 2.75) is 18.2 Å². The van der Waals surface area contributed by atoms with Gasteiger partial charge in [-0.2, -0.15) is 0 Å². The molecular formula is C12H17FN2O3S. The first kappa shape index (κ1) is 15.6. The monoisotopic (exact) mass is 288 g/mol. The molecule has 0 unspecified atom stereocenters. The molecule has 0 aliphatic heterocycles. The number of amides is 1. The summed E-state index contributed by atoms with van der Waals surface area (Å²) in [6, 6.07) is 3.31. The van der Waals surface area contributed by atoms with E-state index in [0.717, 1.165) is 24.9 Å². The topological polar surface area (TPSA) is 75.3 Å². The van der Waals surface area contributed by atoms with Crippen molar-refractivity contribution in [3.8, 4) is 0 Å². The number of anilines is 1. The Kier molecular flexibility index (Phi) is 5.44. The van der Waals surface area contributed by atoms with E-state index in [2.05, 4.69) is 10.6 Å². The van der Waals surface area contributed by atoms with E-state index in [-0.39, 0.29) is 22.9 Å². The van der Waals surface area contributed by atoms with Gasteiger partial charge in [-0.3, -0.25) is 4.79 Å². The molecule has 106 valence electrons. The Labute approximate surface area is 112 Å². The van der Waals surface area contributed by atoms with Gasteiger partial charge in [0.1, 0.15) is 5.82 Å². The van der Waals surface area contributed by atoms with Gasteiger partial charge in [0.25, 0.3) is 0 Å². The molecule has 1 amide bonds. The quantitative estimate of drug-likeness (QED) is 0.608. The summed E-state index contributed by atoms with van der Waals surface area (Å²) in [5, 5.41) is 5.33. The molecule has 0 saturated heterocycles. The van der Waals surface area contributed by atoms with Crippen molar-refractivity contribution in [2.75, 3.05) is 24.7 Å². The molecule has 0 fully saturated rings. The number of carbonyl (C=O) groups excluding carboxylic acids is 1. The normalized spacial score (nSPS) is 11.3. The Morgan fingerprint density at radius 2 is 2.05 bits per heavy atom. The highest BCUT2D eigenvalue weighted by Gasteiger charge is 2.12. The fourth-order valence-corrected chi connectivity index (χ4v) is 2.07. The van der Waals surface area contributed by atoms with Gasteiger partial charge in [0.05, 0.1) is 10.6 Å². The van der Waals surface area contributed by atoms with Crippen molar-refractivity contribution >= 4 is 21.4 Å². The van der Waals surface area contributed by atoms with Gasteiger partial charge in [-0.1, -0.05) is 6.92 Å². The molecule has 1 aromatic rings. The average molecular weight is 288 g/mol. The lowest BCUT2D eigenvalue weighted by molar-refractivity contribution is -0.116. The molecule has 0 bridgehead atoms. The predicted molar refractivity (Wildman–Crippen MR) is 71.3 cm³/mol. The number of nitrogens with one attached hydrogen (secondary N) is 2. The molecule has 0 spiro atoms. The zero-order valence-corrected chi connectivity index (χ0v) is 11.7. The average Bonchev–Trinajstić information content (AvgIpc) is 2.31.